The maximum absolute atomic E-state index is 11.9. The van der Waals surface area contributed by atoms with Gasteiger partial charge in [-0.1, -0.05) is 26.0 Å². The summed E-state index contributed by atoms with van der Waals surface area (Å²) in [6, 6.07) is 5.02. The minimum absolute atomic E-state index is 0.157. The van der Waals surface area contributed by atoms with Crippen LogP contribution >= 0.6 is 0 Å². The standard InChI is InChI=1S/C16H21N3O3/c1-9(2)14(16(21)22)19-13(20)8-7-12-17-11-6-4-5-10(3)15(11)18-12/h4-6,9,14H,7-8H2,1-3H3,(H,17,18)(H,19,20)(H,21,22)/t14-/m0/s1. The molecule has 0 aliphatic rings. The fourth-order valence-corrected chi connectivity index (χ4v) is 2.34. The Morgan fingerprint density at radius 1 is 1.36 bits per heavy atom. The maximum Gasteiger partial charge on any atom is 0.326 e. The highest BCUT2D eigenvalue weighted by atomic mass is 16.4. The number of fused-ring (bicyclic) bond motifs is 1. The Balaban J connectivity index is 1.98. The molecule has 1 amide bonds. The monoisotopic (exact) mass is 303 g/mol. The van der Waals surface area contributed by atoms with Crippen LogP contribution in [0.3, 0.4) is 0 Å². The number of imidazole rings is 1. The fraction of sp³-hybridized carbons (Fsp3) is 0.438. The Morgan fingerprint density at radius 3 is 2.68 bits per heavy atom. The van der Waals surface area contributed by atoms with Crippen molar-refractivity contribution in [2.45, 2.75) is 39.7 Å². The first-order chi connectivity index (χ1) is 10.4. The first kappa shape index (κ1) is 16.0. The summed E-state index contributed by atoms with van der Waals surface area (Å²) in [5, 5.41) is 11.6. The predicted molar refractivity (Wildman–Crippen MR) is 83.6 cm³/mol. The van der Waals surface area contributed by atoms with Gasteiger partial charge in [0, 0.05) is 12.8 Å². The molecule has 1 heterocycles. The van der Waals surface area contributed by atoms with Crippen LogP contribution in [0.4, 0.5) is 0 Å². The highest BCUT2D eigenvalue weighted by molar-refractivity contribution is 5.84. The van der Waals surface area contributed by atoms with Gasteiger partial charge in [0.2, 0.25) is 5.91 Å². The number of carboxylic acid groups (broad SMARTS) is 1. The number of hydrogen-bond acceptors (Lipinski definition) is 3. The van der Waals surface area contributed by atoms with Crippen molar-refractivity contribution in [3.63, 3.8) is 0 Å². The van der Waals surface area contributed by atoms with Crippen molar-refractivity contribution in [2.75, 3.05) is 0 Å². The number of nitrogens with one attached hydrogen (secondary N) is 2. The van der Waals surface area contributed by atoms with Crippen LogP contribution in [0.25, 0.3) is 11.0 Å². The number of carbonyl (C=O) groups is 2. The number of carboxylic acids is 1. The molecule has 0 aliphatic heterocycles. The van der Waals surface area contributed by atoms with E-state index in [1.807, 2.05) is 25.1 Å². The molecule has 118 valence electrons. The molecule has 3 N–H and O–H groups in total. The van der Waals surface area contributed by atoms with Gasteiger partial charge in [-0.2, -0.15) is 0 Å². The van der Waals surface area contributed by atoms with Crippen LogP contribution in [0.1, 0.15) is 31.7 Å². The van der Waals surface area contributed by atoms with Crippen LogP contribution in [-0.2, 0) is 16.0 Å². The Bertz CT molecular complexity index is 691. The van der Waals surface area contributed by atoms with Crippen LogP contribution in [0, 0.1) is 12.8 Å². The number of aliphatic carboxylic acids is 1. The van der Waals surface area contributed by atoms with Crippen molar-refractivity contribution >= 4 is 22.9 Å². The number of hydrogen-bond donors (Lipinski definition) is 3. The van der Waals surface area contributed by atoms with Gasteiger partial charge in [-0.05, 0) is 24.5 Å². The lowest BCUT2D eigenvalue weighted by molar-refractivity contribution is -0.143. The third kappa shape index (κ3) is 3.63. The van der Waals surface area contributed by atoms with Crippen LogP contribution in [0.5, 0.6) is 0 Å². The molecular formula is C16H21N3O3. The van der Waals surface area contributed by atoms with Gasteiger partial charge in [0.1, 0.15) is 11.9 Å². The average molecular weight is 303 g/mol. The summed E-state index contributed by atoms with van der Waals surface area (Å²) in [5.41, 5.74) is 2.93. The zero-order valence-corrected chi connectivity index (χ0v) is 13.0. The third-order valence-electron chi connectivity index (χ3n) is 3.60. The van der Waals surface area contributed by atoms with E-state index in [1.165, 1.54) is 0 Å². The summed E-state index contributed by atoms with van der Waals surface area (Å²) in [5.74, 6) is -0.716. The summed E-state index contributed by atoms with van der Waals surface area (Å²) in [4.78, 5) is 30.6. The van der Waals surface area contributed by atoms with Gasteiger partial charge in [-0.3, -0.25) is 4.79 Å². The van der Waals surface area contributed by atoms with Crippen molar-refractivity contribution in [1.82, 2.24) is 15.3 Å². The number of amides is 1. The van der Waals surface area contributed by atoms with Crippen molar-refractivity contribution in [3.8, 4) is 0 Å². The second kappa shape index (κ2) is 6.60. The summed E-state index contributed by atoms with van der Waals surface area (Å²) < 4.78 is 0. The third-order valence-corrected chi connectivity index (χ3v) is 3.60. The molecule has 0 fully saturated rings. The number of nitrogens with zero attached hydrogens (tertiary/aromatic N) is 1. The van der Waals surface area contributed by atoms with Crippen LogP contribution < -0.4 is 5.32 Å². The lowest BCUT2D eigenvalue weighted by Crippen LogP contribution is -2.44. The molecule has 1 aromatic heterocycles. The summed E-state index contributed by atoms with van der Waals surface area (Å²) >= 11 is 0. The quantitative estimate of drug-likeness (QED) is 0.761. The first-order valence-corrected chi connectivity index (χ1v) is 7.35. The molecule has 0 saturated carbocycles. The Labute approximate surface area is 128 Å². The van der Waals surface area contributed by atoms with Crippen molar-refractivity contribution < 1.29 is 14.7 Å². The highest BCUT2D eigenvalue weighted by Gasteiger charge is 2.23. The molecule has 0 bridgehead atoms. The lowest BCUT2D eigenvalue weighted by Gasteiger charge is -2.17. The van der Waals surface area contributed by atoms with Gasteiger partial charge in [0.15, 0.2) is 0 Å². The zero-order valence-electron chi connectivity index (χ0n) is 13.0. The molecule has 0 unspecified atom stereocenters. The molecular weight excluding hydrogens is 282 g/mol. The van der Waals surface area contributed by atoms with E-state index in [4.69, 9.17) is 5.11 Å². The molecule has 0 spiro atoms. The molecule has 6 heteroatoms. The smallest absolute Gasteiger partial charge is 0.326 e. The molecule has 2 rings (SSSR count). The molecule has 2 aromatic rings. The number of aromatic amines is 1. The van der Waals surface area contributed by atoms with Gasteiger partial charge in [0.25, 0.3) is 0 Å². The molecule has 6 nitrogen and oxygen atoms in total. The molecule has 0 aliphatic carbocycles. The van der Waals surface area contributed by atoms with E-state index in [0.29, 0.717) is 6.42 Å². The number of rotatable bonds is 6. The van der Waals surface area contributed by atoms with Crippen LogP contribution in [-0.4, -0.2) is 33.0 Å². The van der Waals surface area contributed by atoms with Gasteiger partial charge in [-0.25, -0.2) is 9.78 Å². The second-order valence-electron chi connectivity index (χ2n) is 5.78. The molecule has 22 heavy (non-hydrogen) atoms. The summed E-state index contributed by atoms with van der Waals surface area (Å²) in [7, 11) is 0. The molecule has 0 radical (unpaired) electrons. The zero-order chi connectivity index (χ0) is 16.3. The summed E-state index contributed by atoms with van der Waals surface area (Å²) in [6.45, 7) is 5.52. The number of aromatic nitrogens is 2. The minimum atomic E-state index is -1.01. The average Bonchev–Trinajstić information content (AvgIpc) is 2.86. The van der Waals surface area contributed by atoms with E-state index >= 15 is 0 Å². The van der Waals surface area contributed by atoms with Crippen molar-refractivity contribution in [1.29, 1.82) is 0 Å². The topological polar surface area (TPSA) is 95.1 Å². The van der Waals surface area contributed by atoms with Gasteiger partial charge >= 0.3 is 5.97 Å². The Hall–Kier alpha value is -2.37. The van der Waals surface area contributed by atoms with Gasteiger partial charge < -0.3 is 15.4 Å². The molecule has 1 aromatic carbocycles. The van der Waals surface area contributed by atoms with Crippen LogP contribution in [0.2, 0.25) is 0 Å². The SMILES string of the molecule is Cc1cccc2[nH]c(CCC(=O)N[C@H](C(=O)O)C(C)C)nc12. The van der Waals surface area contributed by atoms with Crippen molar-refractivity contribution in [2.24, 2.45) is 5.92 Å². The van der Waals surface area contributed by atoms with E-state index in [-0.39, 0.29) is 18.2 Å². The normalized spacial score (nSPS) is 12.5. The largest absolute Gasteiger partial charge is 0.480 e. The number of H-pyrrole nitrogens is 1. The van der Waals surface area contributed by atoms with Crippen molar-refractivity contribution in [3.05, 3.63) is 29.6 Å². The van der Waals surface area contributed by atoms with Crippen LogP contribution in [0.15, 0.2) is 18.2 Å². The van der Waals surface area contributed by atoms with E-state index in [9.17, 15) is 9.59 Å². The number of benzene rings is 1. The number of para-hydroxylation sites is 1. The molecule has 1 atom stereocenters. The Morgan fingerprint density at radius 2 is 2.09 bits per heavy atom. The number of carbonyl (C=O) groups excluding carboxylic acids is 1. The summed E-state index contributed by atoms with van der Waals surface area (Å²) in [6.07, 6.45) is 0.653. The Kier molecular flexibility index (Phi) is 4.80. The molecule has 0 saturated heterocycles. The van der Waals surface area contributed by atoms with Gasteiger partial charge in [-0.15, -0.1) is 0 Å². The van der Waals surface area contributed by atoms with E-state index in [2.05, 4.69) is 15.3 Å². The lowest BCUT2D eigenvalue weighted by atomic mass is 10.0. The van der Waals surface area contributed by atoms with E-state index < -0.39 is 12.0 Å². The van der Waals surface area contributed by atoms with E-state index in [0.717, 1.165) is 22.4 Å². The number of aryl methyl sites for hydroxylation is 2. The maximum atomic E-state index is 11.9. The van der Waals surface area contributed by atoms with Gasteiger partial charge in [0.05, 0.1) is 11.0 Å². The minimum Gasteiger partial charge on any atom is -0.480 e. The highest BCUT2D eigenvalue weighted by Crippen LogP contribution is 2.16. The first-order valence-electron chi connectivity index (χ1n) is 7.35. The second-order valence-corrected chi connectivity index (χ2v) is 5.78. The predicted octanol–water partition coefficient (Wildman–Crippen LogP) is 2.03. The van der Waals surface area contributed by atoms with E-state index in [1.54, 1.807) is 13.8 Å². The fourth-order valence-electron chi connectivity index (χ4n) is 2.34.